The van der Waals surface area contributed by atoms with Crippen LogP contribution < -0.4 is 5.32 Å². The van der Waals surface area contributed by atoms with E-state index in [1.54, 1.807) is 11.8 Å². The Bertz CT molecular complexity index is 748. The van der Waals surface area contributed by atoms with Gasteiger partial charge in [0.2, 0.25) is 0 Å². The fourth-order valence-corrected chi connectivity index (χ4v) is 6.01. The summed E-state index contributed by atoms with van der Waals surface area (Å²) in [5.41, 5.74) is -1.03. The van der Waals surface area contributed by atoms with Gasteiger partial charge in [0.05, 0.1) is 6.61 Å². The molecule has 3 aliphatic carbocycles. The number of carbonyl (C=O) groups excluding carboxylic acids is 2. The number of aliphatic hydroxyl groups is 1. The van der Waals surface area contributed by atoms with Gasteiger partial charge < -0.3 is 15.2 Å². The molecule has 0 aromatic carbocycles. The number of aliphatic hydroxyl groups excluding tert-OH is 1. The zero-order chi connectivity index (χ0) is 20.6. The zero-order valence-electron chi connectivity index (χ0n) is 18.0. The number of hydrogen-bond donors (Lipinski definition) is 2. The van der Waals surface area contributed by atoms with Crippen molar-refractivity contribution in [2.24, 2.45) is 28.6 Å². The van der Waals surface area contributed by atoms with Crippen LogP contribution in [0.25, 0.3) is 0 Å². The summed E-state index contributed by atoms with van der Waals surface area (Å²) in [7, 11) is 0. The predicted octanol–water partition coefficient (Wildman–Crippen LogP) is 2.99. The third-order valence-corrected chi connectivity index (χ3v) is 7.96. The van der Waals surface area contributed by atoms with Gasteiger partial charge in [0.25, 0.3) is 11.8 Å². The average molecular weight is 391 g/mol. The van der Waals surface area contributed by atoms with Gasteiger partial charge in [-0.15, -0.1) is 0 Å². The summed E-state index contributed by atoms with van der Waals surface area (Å²) >= 11 is 0. The van der Waals surface area contributed by atoms with E-state index in [9.17, 15) is 14.7 Å². The molecule has 2 N–H and O–H groups in total. The lowest BCUT2D eigenvalue weighted by Crippen LogP contribution is -2.54. The second kappa shape index (κ2) is 5.97. The Labute approximate surface area is 167 Å². The highest BCUT2D eigenvalue weighted by Crippen LogP contribution is 2.61. The van der Waals surface area contributed by atoms with Gasteiger partial charge in [-0.3, -0.25) is 14.5 Å². The van der Waals surface area contributed by atoms with E-state index < -0.39 is 23.6 Å². The van der Waals surface area contributed by atoms with Gasteiger partial charge in [-0.25, -0.2) is 0 Å². The van der Waals surface area contributed by atoms with E-state index in [0.29, 0.717) is 23.8 Å². The molecule has 2 aliphatic heterocycles. The molecule has 0 radical (unpaired) electrons. The van der Waals surface area contributed by atoms with E-state index in [-0.39, 0.29) is 23.4 Å². The van der Waals surface area contributed by atoms with Crippen LogP contribution in [0.2, 0.25) is 0 Å². The van der Waals surface area contributed by atoms with Crippen LogP contribution in [0.3, 0.4) is 0 Å². The van der Waals surface area contributed by atoms with Gasteiger partial charge in [-0.05, 0) is 49.4 Å². The molecule has 0 aromatic rings. The number of amides is 2. The summed E-state index contributed by atoms with van der Waals surface area (Å²) in [6.07, 6.45) is 3.12. The summed E-state index contributed by atoms with van der Waals surface area (Å²) in [6.45, 7) is 13.2. The molecule has 5 atom stereocenters. The lowest BCUT2D eigenvalue weighted by atomic mass is 9.45. The maximum absolute atomic E-state index is 13.1. The molecule has 6 heteroatoms. The molecule has 5 rings (SSSR count). The van der Waals surface area contributed by atoms with E-state index in [1.807, 2.05) is 20.8 Å². The first kappa shape index (κ1) is 19.7. The zero-order valence-corrected chi connectivity index (χ0v) is 18.0. The van der Waals surface area contributed by atoms with Gasteiger partial charge in [0, 0.05) is 12.0 Å². The molecule has 4 fully saturated rings. The Morgan fingerprint density at radius 2 is 1.96 bits per heavy atom. The second-order valence-electron chi connectivity index (χ2n) is 11.1. The fraction of sp³-hybridized carbons (Fsp3) is 0.818. The molecule has 1 saturated heterocycles. The Hall–Kier alpha value is -1.56. The minimum absolute atomic E-state index is 0.110. The van der Waals surface area contributed by atoms with Crippen molar-refractivity contribution in [1.29, 1.82) is 0 Å². The van der Waals surface area contributed by atoms with E-state index >= 15 is 0 Å². The van der Waals surface area contributed by atoms with Crippen LogP contribution >= 0.6 is 0 Å². The Kier molecular flexibility index (Phi) is 4.21. The SMILES string of the molecule is CC1(C)C2CCC(CNC(=O)C3=C(O)[C@@]4(C)CO[C@H](C(C)(C)C)N4C3=O)C1C2. The first-order valence-electron chi connectivity index (χ1n) is 10.6. The van der Waals surface area contributed by atoms with Gasteiger partial charge in [0.15, 0.2) is 0 Å². The van der Waals surface area contributed by atoms with Crippen molar-refractivity contribution in [3.63, 3.8) is 0 Å². The Morgan fingerprint density at radius 3 is 2.54 bits per heavy atom. The van der Waals surface area contributed by atoms with E-state index in [2.05, 4.69) is 19.2 Å². The second-order valence-corrected chi connectivity index (χ2v) is 11.1. The number of hydrogen-bond acceptors (Lipinski definition) is 4. The van der Waals surface area contributed by atoms with Crippen molar-refractivity contribution < 1.29 is 19.4 Å². The summed E-state index contributed by atoms with van der Waals surface area (Å²) in [4.78, 5) is 27.5. The molecular weight excluding hydrogens is 356 g/mol. The van der Waals surface area contributed by atoms with Crippen LogP contribution in [0.1, 0.15) is 60.8 Å². The first-order valence-corrected chi connectivity index (χ1v) is 10.6. The third kappa shape index (κ3) is 2.56. The molecule has 0 spiro atoms. The Morgan fingerprint density at radius 1 is 1.29 bits per heavy atom. The molecule has 28 heavy (non-hydrogen) atoms. The number of ether oxygens (including phenoxy) is 1. The number of nitrogens with zero attached hydrogens (tertiary/aromatic N) is 1. The molecule has 3 saturated carbocycles. The molecule has 2 heterocycles. The first-order chi connectivity index (χ1) is 12.9. The van der Waals surface area contributed by atoms with Crippen LogP contribution in [0.15, 0.2) is 11.3 Å². The summed E-state index contributed by atoms with van der Waals surface area (Å²) in [5, 5.41) is 13.8. The molecule has 5 aliphatic rings. The van der Waals surface area contributed by atoms with Crippen molar-refractivity contribution in [3.05, 3.63) is 11.3 Å². The maximum Gasteiger partial charge on any atom is 0.265 e. The van der Waals surface area contributed by atoms with Crippen molar-refractivity contribution in [2.45, 2.75) is 72.6 Å². The number of carbonyl (C=O) groups is 2. The molecule has 6 nitrogen and oxygen atoms in total. The Balaban J connectivity index is 1.48. The van der Waals surface area contributed by atoms with Crippen LogP contribution in [-0.2, 0) is 14.3 Å². The lowest BCUT2D eigenvalue weighted by Gasteiger charge is -2.60. The van der Waals surface area contributed by atoms with E-state index in [4.69, 9.17) is 4.74 Å². The molecular formula is C22H34N2O4. The van der Waals surface area contributed by atoms with Crippen molar-refractivity contribution in [1.82, 2.24) is 10.2 Å². The highest BCUT2D eigenvalue weighted by molar-refractivity contribution is 6.21. The van der Waals surface area contributed by atoms with Crippen molar-refractivity contribution >= 4 is 11.8 Å². The lowest BCUT2D eigenvalue weighted by molar-refractivity contribution is -0.141. The molecule has 156 valence electrons. The van der Waals surface area contributed by atoms with Crippen LogP contribution in [0.5, 0.6) is 0 Å². The summed E-state index contributed by atoms with van der Waals surface area (Å²) < 4.78 is 5.83. The monoisotopic (exact) mass is 390 g/mol. The number of nitrogens with one attached hydrogen (secondary N) is 1. The minimum atomic E-state index is -0.963. The van der Waals surface area contributed by atoms with Gasteiger partial charge in [-0.2, -0.15) is 0 Å². The smallest absolute Gasteiger partial charge is 0.265 e. The fourth-order valence-electron chi connectivity index (χ4n) is 6.01. The van der Waals surface area contributed by atoms with Crippen LogP contribution in [0, 0.1) is 28.6 Å². The molecule has 0 aromatic heterocycles. The quantitative estimate of drug-likeness (QED) is 0.726. The van der Waals surface area contributed by atoms with Crippen molar-refractivity contribution in [2.75, 3.05) is 13.2 Å². The summed E-state index contributed by atoms with van der Waals surface area (Å²) in [6, 6.07) is 0. The standard InChI is InChI=1S/C22H34N2O4/c1-20(2,3)19-24-18(27)15(16(25)22(24,6)11-28-19)17(26)23-10-12-7-8-13-9-14(12)21(13,4)5/h12-14,19,25H,7-11H2,1-6H3,(H,23,26)/t12?,13?,14?,19-,22-/m1/s1. The van der Waals surface area contributed by atoms with Crippen molar-refractivity contribution in [3.8, 4) is 0 Å². The highest BCUT2D eigenvalue weighted by Gasteiger charge is 2.60. The van der Waals surface area contributed by atoms with E-state index in [1.165, 1.54) is 12.8 Å². The molecule has 2 amide bonds. The number of rotatable bonds is 3. The highest BCUT2D eigenvalue weighted by atomic mass is 16.5. The minimum Gasteiger partial charge on any atom is -0.509 e. The predicted molar refractivity (Wildman–Crippen MR) is 105 cm³/mol. The molecule has 3 unspecified atom stereocenters. The largest absolute Gasteiger partial charge is 0.509 e. The van der Waals surface area contributed by atoms with Gasteiger partial charge in [-0.1, -0.05) is 34.6 Å². The van der Waals surface area contributed by atoms with Crippen LogP contribution in [-0.4, -0.2) is 46.7 Å². The van der Waals surface area contributed by atoms with Gasteiger partial charge in [0.1, 0.15) is 23.1 Å². The maximum atomic E-state index is 13.1. The molecule has 2 bridgehead atoms. The topological polar surface area (TPSA) is 78.9 Å². The summed E-state index contributed by atoms with van der Waals surface area (Å²) in [5.74, 6) is 0.855. The average Bonchev–Trinajstić information content (AvgIpc) is 3.06. The normalized spacial score (nSPS) is 39.1. The number of fused-ring (bicyclic) bond motifs is 3. The van der Waals surface area contributed by atoms with E-state index in [0.717, 1.165) is 12.3 Å². The van der Waals surface area contributed by atoms with Gasteiger partial charge >= 0.3 is 0 Å². The van der Waals surface area contributed by atoms with Crippen LogP contribution in [0.4, 0.5) is 0 Å². The third-order valence-electron chi connectivity index (χ3n) is 7.96.